The number of aryl methyl sites for hydroxylation is 2. The van der Waals surface area contributed by atoms with Crippen LogP contribution in [0.25, 0.3) is 0 Å². The van der Waals surface area contributed by atoms with Crippen LogP contribution in [0.2, 0.25) is 0 Å². The summed E-state index contributed by atoms with van der Waals surface area (Å²) >= 11 is 0. The maximum atomic E-state index is 4.55. The van der Waals surface area contributed by atoms with Crippen LogP contribution in [0.1, 0.15) is 48.7 Å². The molecule has 0 bridgehead atoms. The third-order valence-electron chi connectivity index (χ3n) is 7.28. The number of aromatic nitrogens is 4. The fourth-order valence-corrected chi connectivity index (χ4v) is 5.59. The van der Waals surface area contributed by atoms with E-state index in [0.29, 0.717) is 0 Å². The molecule has 1 aliphatic carbocycles. The molecule has 0 amide bonds. The summed E-state index contributed by atoms with van der Waals surface area (Å²) in [5.41, 5.74) is 2.64. The predicted molar refractivity (Wildman–Crippen MR) is 120 cm³/mol. The first-order chi connectivity index (χ1) is 15.4. The largest absolute Gasteiger partial charge is 0.323 e. The summed E-state index contributed by atoms with van der Waals surface area (Å²) in [6, 6.07) is 22.5. The van der Waals surface area contributed by atoms with E-state index in [1.54, 1.807) is 4.90 Å². The second-order valence-corrected chi connectivity index (χ2v) is 9.14. The molecule has 0 radical (unpaired) electrons. The van der Waals surface area contributed by atoms with Gasteiger partial charge in [0, 0.05) is 12.1 Å². The standard InChI is InChI=1S/C25H32N6/c1-3-9-21(10-4-1)15-16-31-25(26-27-28-31)24(22-11-5-2-6-12-22)30-19-17-29(18-20-30)23-13-7-8-14-23/h1-6,9-12,23-24H,7-8,13-20H2/p+2/t24-/m0/s1. The minimum atomic E-state index is 0.192. The van der Waals surface area contributed by atoms with Crippen LogP contribution in [0.3, 0.4) is 0 Å². The van der Waals surface area contributed by atoms with Gasteiger partial charge in [0.1, 0.15) is 26.2 Å². The van der Waals surface area contributed by atoms with Crippen molar-refractivity contribution in [2.75, 3.05) is 26.2 Å². The predicted octanol–water partition coefficient (Wildman–Crippen LogP) is 0.731. The van der Waals surface area contributed by atoms with Crippen molar-refractivity contribution >= 4 is 0 Å². The van der Waals surface area contributed by atoms with Crippen molar-refractivity contribution in [3.8, 4) is 0 Å². The van der Waals surface area contributed by atoms with E-state index in [1.807, 2.05) is 9.58 Å². The molecule has 2 aliphatic rings. The molecule has 0 spiro atoms. The first kappa shape index (κ1) is 20.3. The second-order valence-electron chi connectivity index (χ2n) is 9.14. The van der Waals surface area contributed by atoms with Crippen LogP contribution in [-0.4, -0.2) is 52.4 Å². The molecule has 2 fully saturated rings. The lowest BCUT2D eigenvalue weighted by atomic mass is 10.0. The molecule has 2 heterocycles. The molecule has 3 aromatic rings. The topological polar surface area (TPSA) is 52.5 Å². The van der Waals surface area contributed by atoms with E-state index >= 15 is 0 Å². The van der Waals surface area contributed by atoms with Crippen LogP contribution in [0.15, 0.2) is 60.7 Å². The lowest BCUT2D eigenvalue weighted by Crippen LogP contribution is -3.29. The number of hydrogen-bond donors (Lipinski definition) is 2. The molecule has 1 aromatic heterocycles. The van der Waals surface area contributed by atoms with Crippen molar-refractivity contribution in [2.45, 2.75) is 50.7 Å². The van der Waals surface area contributed by atoms with Gasteiger partial charge in [-0.1, -0.05) is 60.7 Å². The summed E-state index contributed by atoms with van der Waals surface area (Å²) in [6.07, 6.45) is 6.63. The Morgan fingerprint density at radius 2 is 1.55 bits per heavy atom. The summed E-state index contributed by atoms with van der Waals surface area (Å²) in [6.45, 7) is 5.68. The van der Waals surface area contributed by atoms with Crippen LogP contribution in [-0.2, 0) is 13.0 Å². The molecule has 2 aromatic carbocycles. The van der Waals surface area contributed by atoms with Gasteiger partial charge in [0.15, 0.2) is 6.04 Å². The highest BCUT2D eigenvalue weighted by atomic mass is 15.6. The minimum absolute atomic E-state index is 0.192. The monoisotopic (exact) mass is 418 g/mol. The Hall–Kier alpha value is -2.57. The maximum Gasteiger partial charge on any atom is 0.214 e. The van der Waals surface area contributed by atoms with E-state index < -0.39 is 0 Å². The molecule has 1 saturated carbocycles. The molecule has 31 heavy (non-hydrogen) atoms. The van der Waals surface area contributed by atoms with Gasteiger partial charge in [-0.15, -0.1) is 5.10 Å². The fraction of sp³-hybridized carbons (Fsp3) is 0.480. The van der Waals surface area contributed by atoms with E-state index in [9.17, 15) is 0 Å². The summed E-state index contributed by atoms with van der Waals surface area (Å²) in [7, 11) is 0. The number of hydrogen-bond acceptors (Lipinski definition) is 3. The average Bonchev–Trinajstić information content (AvgIpc) is 3.53. The first-order valence-electron chi connectivity index (χ1n) is 11.9. The molecule has 2 N–H and O–H groups in total. The van der Waals surface area contributed by atoms with E-state index in [4.69, 9.17) is 0 Å². The van der Waals surface area contributed by atoms with Crippen LogP contribution in [0.5, 0.6) is 0 Å². The number of piperazine rings is 1. The highest BCUT2D eigenvalue weighted by molar-refractivity contribution is 5.22. The zero-order valence-electron chi connectivity index (χ0n) is 18.3. The highest BCUT2D eigenvalue weighted by Crippen LogP contribution is 2.18. The van der Waals surface area contributed by atoms with Crippen molar-refractivity contribution in [2.24, 2.45) is 0 Å². The Morgan fingerprint density at radius 3 is 2.26 bits per heavy atom. The molecule has 1 saturated heterocycles. The third kappa shape index (κ3) is 4.70. The average molecular weight is 419 g/mol. The number of tetrazole rings is 1. The van der Waals surface area contributed by atoms with Crippen molar-refractivity contribution in [1.29, 1.82) is 0 Å². The van der Waals surface area contributed by atoms with Crippen LogP contribution in [0, 0.1) is 0 Å². The van der Waals surface area contributed by atoms with E-state index in [-0.39, 0.29) is 6.04 Å². The van der Waals surface area contributed by atoms with Gasteiger partial charge < -0.3 is 9.80 Å². The molecular formula is C25H34N6+2. The second kappa shape index (κ2) is 9.71. The van der Waals surface area contributed by atoms with Crippen LogP contribution in [0.4, 0.5) is 0 Å². The first-order valence-corrected chi connectivity index (χ1v) is 11.9. The summed E-state index contributed by atoms with van der Waals surface area (Å²) in [5.74, 6) is 1.00. The smallest absolute Gasteiger partial charge is 0.214 e. The number of nitrogens with one attached hydrogen (secondary N) is 2. The molecule has 1 atom stereocenters. The number of benzene rings is 2. The quantitative estimate of drug-likeness (QED) is 0.595. The van der Waals surface area contributed by atoms with Gasteiger partial charge in [0.25, 0.3) is 0 Å². The molecule has 6 heteroatoms. The van der Waals surface area contributed by atoms with Crippen molar-refractivity contribution < 1.29 is 9.80 Å². The SMILES string of the molecule is c1ccc(CCn2nnnc2[C@H](c2ccccc2)[NH+]2CC[NH+](C3CCCC3)CC2)cc1. The zero-order chi connectivity index (χ0) is 20.9. The van der Waals surface area contributed by atoms with Gasteiger partial charge >= 0.3 is 0 Å². The van der Waals surface area contributed by atoms with Crippen LogP contribution < -0.4 is 9.80 Å². The van der Waals surface area contributed by atoms with Crippen molar-refractivity contribution in [3.63, 3.8) is 0 Å². The molecule has 162 valence electrons. The number of nitrogens with zero attached hydrogens (tertiary/aromatic N) is 4. The number of rotatable bonds is 7. The van der Waals surface area contributed by atoms with Gasteiger partial charge in [0.2, 0.25) is 5.82 Å². The maximum absolute atomic E-state index is 4.55. The van der Waals surface area contributed by atoms with Crippen molar-refractivity contribution in [3.05, 3.63) is 77.6 Å². The van der Waals surface area contributed by atoms with E-state index in [2.05, 4.69) is 76.2 Å². The Balaban J connectivity index is 1.35. The third-order valence-corrected chi connectivity index (χ3v) is 7.28. The van der Waals surface area contributed by atoms with Crippen molar-refractivity contribution in [1.82, 2.24) is 20.2 Å². The van der Waals surface area contributed by atoms with Gasteiger partial charge in [-0.05, 0) is 48.1 Å². The fourth-order valence-electron chi connectivity index (χ4n) is 5.59. The zero-order valence-corrected chi connectivity index (χ0v) is 18.3. The van der Waals surface area contributed by atoms with Crippen LogP contribution >= 0.6 is 0 Å². The Labute approximate surface area is 184 Å². The van der Waals surface area contributed by atoms with E-state index in [0.717, 1.165) is 24.8 Å². The summed E-state index contributed by atoms with van der Waals surface area (Å²) < 4.78 is 2.04. The number of quaternary nitrogens is 2. The van der Waals surface area contributed by atoms with Gasteiger partial charge in [-0.3, -0.25) is 0 Å². The minimum Gasteiger partial charge on any atom is -0.323 e. The summed E-state index contributed by atoms with van der Waals surface area (Å²) in [4.78, 5) is 3.43. The van der Waals surface area contributed by atoms with Gasteiger partial charge in [-0.2, -0.15) is 0 Å². The lowest BCUT2D eigenvalue weighted by Gasteiger charge is -2.36. The summed E-state index contributed by atoms with van der Waals surface area (Å²) in [5, 5.41) is 13.0. The molecule has 1 aliphatic heterocycles. The Bertz CT molecular complexity index is 927. The van der Waals surface area contributed by atoms with Gasteiger partial charge in [0.05, 0.1) is 6.04 Å². The highest BCUT2D eigenvalue weighted by Gasteiger charge is 2.37. The van der Waals surface area contributed by atoms with E-state index in [1.165, 1.54) is 63.0 Å². The van der Waals surface area contributed by atoms with Gasteiger partial charge in [-0.25, -0.2) is 4.68 Å². The molecular weight excluding hydrogens is 384 g/mol. The lowest BCUT2D eigenvalue weighted by molar-refractivity contribution is -1.03. The Kier molecular flexibility index (Phi) is 6.37. The molecule has 0 unspecified atom stereocenters. The molecule has 5 rings (SSSR count). The normalized spacial score (nSPS) is 23.1. The Morgan fingerprint density at radius 1 is 0.871 bits per heavy atom. The molecule has 6 nitrogen and oxygen atoms in total.